The second-order valence-corrected chi connectivity index (χ2v) is 5.63. The lowest BCUT2D eigenvalue weighted by Crippen LogP contribution is -2.19. The van der Waals surface area contributed by atoms with Crippen LogP contribution in [0.4, 0.5) is 15.8 Å². The van der Waals surface area contributed by atoms with Gasteiger partial charge in [-0.3, -0.25) is 5.10 Å². The fourth-order valence-corrected chi connectivity index (χ4v) is 2.86. The van der Waals surface area contributed by atoms with Crippen molar-refractivity contribution in [3.63, 3.8) is 0 Å². The van der Waals surface area contributed by atoms with E-state index < -0.39 is 0 Å². The lowest BCUT2D eigenvalue weighted by atomic mass is 10.2. The van der Waals surface area contributed by atoms with E-state index in [1.165, 1.54) is 0 Å². The zero-order valence-corrected chi connectivity index (χ0v) is 12.5. The average Bonchev–Trinajstić information content (AvgIpc) is 3.08. The van der Waals surface area contributed by atoms with E-state index in [0.717, 1.165) is 48.6 Å². The second kappa shape index (κ2) is 5.76. The van der Waals surface area contributed by atoms with Gasteiger partial charge in [0.15, 0.2) is 0 Å². The summed E-state index contributed by atoms with van der Waals surface area (Å²) in [5.41, 5.74) is 4.69. The number of benzene rings is 1. The molecule has 5 heteroatoms. The van der Waals surface area contributed by atoms with Crippen LogP contribution in [0.2, 0.25) is 0 Å². The van der Waals surface area contributed by atoms with Crippen LogP contribution in [-0.4, -0.2) is 23.3 Å². The zero-order chi connectivity index (χ0) is 14.8. The number of rotatable bonds is 4. The molecule has 1 saturated heterocycles. The summed E-state index contributed by atoms with van der Waals surface area (Å²) in [5, 5.41) is 10.4. The number of anilines is 2. The van der Waals surface area contributed by atoms with Crippen LogP contribution in [0.15, 0.2) is 18.2 Å². The van der Waals surface area contributed by atoms with Crippen molar-refractivity contribution in [1.82, 2.24) is 10.2 Å². The molecule has 0 aliphatic carbocycles. The van der Waals surface area contributed by atoms with E-state index in [4.69, 9.17) is 0 Å². The van der Waals surface area contributed by atoms with Crippen molar-refractivity contribution in [2.45, 2.75) is 33.2 Å². The first-order valence-electron chi connectivity index (χ1n) is 7.44. The van der Waals surface area contributed by atoms with Crippen molar-refractivity contribution < 1.29 is 4.39 Å². The minimum Gasteiger partial charge on any atom is -0.381 e. The van der Waals surface area contributed by atoms with Crippen LogP contribution >= 0.6 is 0 Å². The Kier molecular flexibility index (Phi) is 3.82. The first-order valence-corrected chi connectivity index (χ1v) is 7.44. The quantitative estimate of drug-likeness (QED) is 0.906. The van der Waals surface area contributed by atoms with Crippen molar-refractivity contribution >= 4 is 11.4 Å². The van der Waals surface area contributed by atoms with Gasteiger partial charge in [0, 0.05) is 36.6 Å². The largest absolute Gasteiger partial charge is 0.381 e. The van der Waals surface area contributed by atoms with Gasteiger partial charge in [0.05, 0.1) is 11.4 Å². The van der Waals surface area contributed by atoms with Gasteiger partial charge in [0.1, 0.15) is 5.82 Å². The first kappa shape index (κ1) is 13.9. The van der Waals surface area contributed by atoms with Crippen LogP contribution in [0.5, 0.6) is 0 Å². The monoisotopic (exact) mass is 288 g/mol. The molecule has 1 aromatic carbocycles. The Morgan fingerprint density at radius 1 is 1.29 bits per heavy atom. The number of hydrogen-bond acceptors (Lipinski definition) is 3. The van der Waals surface area contributed by atoms with Crippen LogP contribution in [0, 0.1) is 19.7 Å². The molecule has 0 bridgehead atoms. The molecule has 0 saturated carbocycles. The van der Waals surface area contributed by atoms with Gasteiger partial charge in [-0.1, -0.05) is 0 Å². The van der Waals surface area contributed by atoms with Crippen LogP contribution in [0.1, 0.15) is 29.8 Å². The lowest BCUT2D eigenvalue weighted by Gasteiger charge is -2.19. The summed E-state index contributed by atoms with van der Waals surface area (Å²) in [5.74, 6) is -0.150. The predicted molar refractivity (Wildman–Crippen MR) is 83.2 cm³/mol. The highest BCUT2D eigenvalue weighted by atomic mass is 19.1. The number of aromatic nitrogens is 2. The Balaban J connectivity index is 1.70. The van der Waals surface area contributed by atoms with E-state index in [9.17, 15) is 4.39 Å². The Bertz CT molecular complexity index is 610. The van der Waals surface area contributed by atoms with Gasteiger partial charge in [-0.2, -0.15) is 5.10 Å². The maximum absolute atomic E-state index is 14.2. The number of aromatic amines is 1. The summed E-state index contributed by atoms with van der Waals surface area (Å²) < 4.78 is 14.2. The van der Waals surface area contributed by atoms with Crippen molar-refractivity contribution in [1.29, 1.82) is 0 Å². The third-order valence-electron chi connectivity index (χ3n) is 4.14. The average molecular weight is 288 g/mol. The molecular weight excluding hydrogens is 267 g/mol. The molecule has 0 spiro atoms. The third kappa shape index (κ3) is 2.86. The molecule has 4 nitrogen and oxygen atoms in total. The van der Waals surface area contributed by atoms with Crippen molar-refractivity contribution in [3.8, 4) is 0 Å². The van der Waals surface area contributed by atoms with E-state index >= 15 is 0 Å². The molecular formula is C16H21FN4. The van der Waals surface area contributed by atoms with Gasteiger partial charge < -0.3 is 10.2 Å². The molecule has 1 aliphatic rings. The van der Waals surface area contributed by atoms with Gasteiger partial charge in [0.25, 0.3) is 0 Å². The molecule has 2 aromatic rings. The SMILES string of the molecule is Cc1n[nH]c(C)c1CNc1ccc(N2CCCC2)c(F)c1. The molecule has 3 rings (SSSR count). The molecule has 21 heavy (non-hydrogen) atoms. The molecule has 0 atom stereocenters. The van der Waals surface area contributed by atoms with E-state index in [2.05, 4.69) is 20.4 Å². The summed E-state index contributed by atoms with van der Waals surface area (Å²) in [4.78, 5) is 2.11. The van der Waals surface area contributed by atoms with Gasteiger partial charge in [-0.25, -0.2) is 4.39 Å². The van der Waals surface area contributed by atoms with Crippen LogP contribution in [0.25, 0.3) is 0 Å². The third-order valence-corrected chi connectivity index (χ3v) is 4.14. The van der Waals surface area contributed by atoms with Crippen molar-refractivity contribution in [2.24, 2.45) is 0 Å². The van der Waals surface area contributed by atoms with E-state index in [1.54, 1.807) is 6.07 Å². The van der Waals surface area contributed by atoms with Crippen molar-refractivity contribution in [2.75, 3.05) is 23.3 Å². The lowest BCUT2D eigenvalue weighted by molar-refractivity contribution is 0.623. The predicted octanol–water partition coefficient (Wildman–Crippen LogP) is 3.38. The Labute approximate surface area is 124 Å². The van der Waals surface area contributed by atoms with Gasteiger partial charge in [-0.15, -0.1) is 0 Å². The van der Waals surface area contributed by atoms with Crippen molar-refractivity contribution in [3.05, 3.63) is 41.0 Å². The number of nitrogens with one attached hydrogen (secondary N) is 2. The zero-order valence-electron chi connectivity index (χ0n) is 12.5. The number of halogens is 1. The summed E-state index contributed by atoms with van der Waals surface area (Å²) in [6.45, 7) is 6.52. The van der Waals surface area contributed by atoms with E-state index in [1.807, 2.05) is 26.0 Å². The molecule has 112 valence electrons. The van der Waals surface area contributed by atoms with Gasteiger partial charge in [-0.05, 0) is 44.9 Å². The highest BCUT2D eigenvalue weighted by Crippen LogP contribution is 2.26. The normalized spacial score (nSPS) is 14.7. The standard InChI is InChI=1S/C16H21FN4/c1-11-14(12(2)20-19-11)10-18-13-5-6-16(15(17)9-13)21-7-3-4-8-21/h5-6,9,18H,3-4,7-8,10H2,1-2H3,(H,19,20). The molecule has 1 aliphatic heterocycles. The Morgan fingerprint density at radius 2 is 2.05 bits per heavy atom. The molecule has 2 heterocycles. The highest BCUT2D eigenvalue weighted by molar-refractivity contribution is 5.57. The number of hydrogen-bond donors (Lipinski definition) is 2. The van der Waals surface area contributed by atoms with Crippen LogP contribution in [-0.2, 0) is 6.54 Å². The van der Waals surface area contributed by atoms with Crippen LogP contribution < -0.4 is 10.2 Å². The Morgan fingerprint density at radius 3 is 2.67 bits per heavy atom. The minimum absolute atomic E-state index is 0.150. The topological polar surface area (TPSA) is 44.0 Å². The maximum atomic E-state index is 14.2. The second-order valence-electron chi connectivity index (χ2n) is 5.63. The minimum atomic E-state index is -0.150. The summed E-state index contributed by atoms with van der Waals surface area (Å²) >= 11 is 0. The summed E-state index contributed by atoms with van der Waals surface area (Å²) in [7, 11) is 0. The highest BCUT2D eigenvalue weighted by Gasteiger charge is 2.16. The molecule has 1 aromatic heterocycles. The first-order chi connectivity index (χ1) is 10.1. The molecule has 0 radical (unpaired) electrons. The summed E-state index contributed by atoms with van der Waals surface area (Å²) in [6, 6.07) is 5.40. The number of H-pyrrole nitrogens is 1. The molecule has 2 N–H and O–H groups in total. The number of aryl methyl sites for hydroxylation is 2. The fourth-order valence-electron chi connectivity index (χ4n) is 2.86. The summed E-state index contributed by atoms with van der Waals surface area (Å²) in [6.07, 6.45) is 2.30. The Hall–Kier alpha value is -2.04. The molecule has 0 amide bonds. The van der Waals surface area contributed by atoms with Crippen LogP contribution in [0.3, 0.4) is 0 Å². The molecule has 0 unspecified atom stereocenters. The van der Waals surface area contributed by atoms with Gasteiger partial charge >= 0.3 is 0 Å². The van der Waals surface area contributed by atoms with E-state index in [-0.39, 0.29) is 5.82 Å². The maximum Gasteiger partial charge on any atom is 0.148 e. The fraction of sp³-hybridized carbons (Fsp3) is 0.438. The smallest absolute Gasteiger partial charge is 0.148 e. The molecule has 1 fully saturated rings. The van der Waals surface area contributed by atoms with Gasteiger partial charge in [0.2, 0.25) is 0 Å². The number of nitrogens with zero attached hydrogens (tertiary/aromatic N) is 2. The van der Waals surface area contributed by atoms with E-state index in [0.29, 0.717) is 12.2 Å².